The molecule has 3 heterocycles. The van der Waals surface area contributed by atoms with E-state index in [4.69, 9.17) is 4.98 Å². The second-order valence-electron chi connectivity index (χ2n) is 7.86. The summed E-state index contributed by atoms with van der Waals surface area (Å²) >= 11 is 3.20. The van der Waals surface area contributed by atoms with Crippen molar-refractivity contribution in [3.05, 3.63) is 106 Å². The van der Waals surface area contributed by atoms with Crippen LogP contribution in [0.15, 0.2) is 94.2 Å². The second kappa shape index (κ2) is 8.55. The maximum atomic E-state index is 13.5. The van der Waals surface area contributed by atoms with Crippen molar-refractivity contribution in [3.8, 4) is 16.3 Å². The van der Waals surface area contributed by atoms with Gasteiger partial charge in [0.25, 0.3) is 5.56 Å². The number of hydrogen-bond acceptors (Lipinski definition) is 6. The van der Waals surface area contributed by atoms with Crippen molar-refractivity contribution >= 4 is 39.8 Å². The van der Waals surface area contributed by atoms with Gasteiger partial charge in [-0.1, -0.05) is 72.4 Å². The third-order valence-electron chi connectivity index (χ3n) is 5.67. The molecule has 0 aliphatic rings. The maximum Gasteiger partial charge on any atom is 0.267 e. The summed E-state index contributed by atoms with van der Waals surface area (Å²) < 4.78 is 3.63. The van der Waals surface area contributed by atoms with Gasteiger partial charge in [-0.3, -0.25) is 9.20 Å². The molecule has 0 atom stereocenters. The summed E-state index contributed by atoms with van der Waals surface area (Å²) in [5.74, 6) is 1.16. The van der Waals surface area contributed by atoms with Crippen molar-refractivity contribution in [1.29, 1.82) is 0 Å². The van der Waals surface area contributed by atoms with Crippen LogP contribution in [-0.2, 0) is 5.75 Å². The topological polar surface area (TPSA) is 65.1 Å². The van der Waals surface area contributed by atoms with Gasteiger partial charge in [0, 0.05) is 16.7 Å². The molecule has 3 aromatic carbocycles. The van der Waals surface area contributed by atoms with Crippen LogP contribution < -0.4 is 5.56 Å². The number of nitrogens with zero attached hydrogens (tertiary/aromatic N) is 5. The van der Waals surface area contributed by atoms with Gasteiger partial charge in [-0.05, 0) is 30.7 Å². The Hall–Kier alpha value is -3.75. The molecule has 8 heteroatoms. The van der Waals surface area contributed by atoms with Crippen molar-refractivity contribution in [2.75, 3.05) is 0 Å². The molecule has 0 saturated carbocycles. The smallest absolute Gasteiger partial charge is 0.267 e. The highest BCUT2D eigenvalue weighted by Crippen LogP contribution is 2.29. The van der Waals surface area contributed by atoms with Crippen molar-refractivity contribution in [2.24, 2.45) is 0 Å². The molecule has 6 rings (SSSR count). The number of rotatable bonds is 5. The molecule has 34 heavy (non-hydrogen) atoms. The minimum atomic E-state index is -0.103. The fraction of sp³-hybridized carbons (Fsp3) is 0.0769. The Kier molecular flexibility index (Phi) is 5.24. The van der Waals surface area contributed by atoms with Gasteiger partial charge in [-0.2, -0.15) is 0 Å². The summed E-state index contributed by atoms with van der Waals surface area (Å²) in [6.45, 7) is 1.99. The van der Waals surface area contributed by atoms with Gasteiger partial charge in [-0.25, -0.2) is 9.55 Å². The van der Waals surface area contributed by atoms with E-state index in [0.717, 1.165) is 38.2 Å². The highest BCUT2D eigenvalue weighted by molar-refractivity contribution is 7.98. The molecule has 0 unspecified atom stereocenters. The fourth-order valence-electron chi connectivity index (χ4n) is 4.03. The molecule has 0 bridgehead atoms. The highest BCUT2D eigenvalue weighted by atomic mass is 32.2. The summed E-state index contributed by atoms with van der Waals surface area (Å²) in [5.41, 5.74) is 4.60. The Balaban J connectivity index is 1.44. The monoisotopic (exact) mass is 481 g/mol. The van der Waals surface area contributed by atoms with E-state index >= 15 is 0 Å². The quantitative estimate of drug-likeness (QED) is 0.293. The van der Waals surface area contributed by atoms with Gasteiger partial charge >= 0.3 is 0 Å². The van der Waals surface area contributed by atoms with E-state index in [9.17, 15) is 4.79 Å². The lowest BCUT2D eigenvalue weighted by molar-refractivity contribution is 0.927. The van der Waals surface area contributed by atoms with Crippen LogP contribution in [0.2, 0.25) is 0 Å². The summed E-state index contributed by atoms with van der Waals surface area (Å²) in [5, 5.41) is 13.4. The first-order valence-electron chi connectivity index (χ1n) is 10.8. The van der Waals surface area contributed by atoms with Crippen LogP contribution in [-0.4, -0.2) is 24.1 Å². The van der Waals surface area contributed by atoms with Crippen molar-refractivity contribution in [2.45, 2.75) is 17.8 Å². The van der Waals surface area contributed by atoms with Gasteiger partial charge in [0.2, 0.25) is 5.78 Å². The first kappa shape index (κ1) is 20.8. The number of thiazole rings is 1. The summed E-state index contributed by atoms with van der Waals surface area (Å²) in [6.07, 6.45) is 0. The zero-order valence-electron chi connectivity index (χ0n) is 18.3. The molecule has 166 valence electrons. The number of benzene rings is 3. The SMILES string of the molecule is Cc1ccccc1-n1c(=O)c2ccccc2n2c(SCc3csc(-c4ccccc4)n3)nnc12. The van der Waals surface area contributed by atoms with Crippen molar-refractivity contribution in [1.82, 2.24) is 24.1 Å². The normalized spacial score (nSPS) is 11.4. The van der Waals surface area contributed by atoms with Crippen LogP contribution in [0.3, 0.4) is 0 Å². The van der Waals surface area contributed by atoms with Crippen LogP contribution >= 0.6 is 23.1 Å². The molecule has 0 amide bonds. The van der Waals surface area contributed by atoms with E-state index in [1.165, 1.54) is 0 Å². The molecule has 6 nitrogen and oxygen atoms in total. The average molecular weight is 482 g/mol. The van der Waals surface area contributed by atoms with Crippen molar-refractivity contribution < 1.29 is 0 Å². The molecular weight excluding hydrogens is 462 g/mol. The summed E-state index contributed by atoms with van der Waals surface area (Å²) in [7, 11) is 0. The Morgan fingerprint density at radius 2 is 1.68 bits per heavy atom. The van der Waals surface area contributed by atoms with E-state index in [2.05, 4.69) is 27.7 Å². The lowest BCUT2D eigenvalue weighted by atomic mass is 10.2. The Bertz CT molecular complexity index is 1700. The van der Waals surface area contributed by atoms with E-state index in [1.54, 1.807) is 27.7 Å². The van der Waals surface area contributed by atoms with Crippen LogP contribution in [0.25, 0.3) is 32.9 Å². The Morgan fingerprint density at radius 3 is 2.53 bits per heavy atom. The molecule has 0 saturated heterocycles. The van der Waals surface area contributed by atoms with Crippen LogP contribution in [0, 0.1) is 6.92 Å². The van der Waals surface area contributed by atoms with Crippen LogP contribution in [0.1, 0.15) is 11.3 Å². The molecule has 6 aromatic rings. The number of thioether (sulfide) groups is 1. The van der Waals surface area contributed by atoms with Crippen LogP contribution in [0.5, 0.6) is 0 Å². The lowest BCUT2D eigenvalue weighted by Crippen LogP contribution is -2.22. The Morgan fingerprint density at radius 1 is 0.912 bits per heavy atom. The highest BCUT2D eigenvalue weighted by Gasteiger charge is 2.19. The number of aromatic nitrogens is 5. The molecule has 0 N–H and O–H groups in total. The molecule has 0 spiro atoms. The molecule has 0 aliphatic carbocycles. The number of aryl methyl sites for hydroxylation is 1. The van der Waals surface area contributed by atoms with Gasteiger partial charge < -0.3 is 0 Å². The van der Waals surface area contributed by atoms with E-state index in [-0.39, 0.29) is 5.56 Å². The Labute approximate surface area is 203 Å². The van der Waals surface area contributed by atoms with Crippen molar-refractivity contribution in [3.63, 3.8) is 0 Å². The third-order valence-corrected chi connectivity index (χ3v) is 7.58. The lowest BCUT2D eigenvalue weighted by Gasteiger charge is -2.13. The minimum Gasteiger partial charge on any atom is -0.268 e. The minimum absolute atomic E-state index is 0.103. The standard InChI is InChI=1S/C26H19N5OS2/c1-17-9-5-7-13-21(17)30-24(32)20-12-6-8-14-22(20)31-25(30)28-29-26(31)34-16-19-15-33-23(27-19)18-10-3-2-4-11-18/h2-15H,16H2,1H3. The number of hydrogen-bond donors (Lipinski definition) is 0. The molecule has 0 radical (unpaired) electrons. The first-order chi connectivity index (χ1) is 16.7. The molecular formula is C26H19N5OS2. The van der Waals surface area contributed by atoms with Gasteiger partial charge in [0.15, 0.2) is 5.16 Å². The molecule has 3 aromatic heterocycles. The third kappa shape index (κ3) is 3.52. The number of fused-ring (bicyclic) bond motifs is 3. The summed E-state index contributed by atoms with van der Waals surface area (Å²) in [6, 6.07) is 25.6. The second-order valence-corrected chi connectivity index (χ2v) is 9.66. The van der Waals surface area contributed by atoms with Gasteiger partial charge in [-0.15, -0.1) is 21.5 Å². The molecule has 0 fully saturated rings. The zero-order chi connectivity index (χ0) is 23.1. The largest absolute Gasteiger partial charge is 0.268 e. The fourth-order valence-corrected chi connectivity index (χ4v) is 5.79. The van der Waals surface area contributed by atoms with E-state index < -0.39 is 0 Å². The number of para-hydroxylation sites is 2. The zero-order valence-corrected chi connectivity index (χ0v) is 19.9. The predicted octanol–water partition coefficient (Wildman–Crippen LogP) is 5.76. The van der Waals surface area contributed by atoms with E-state index in [1.807, 2.05) is 78.1 Å². The predicted molar refractivity (Wildman–Crippen MR) is 138 cm³/mol. The first-order valence-corrected chi connectivity index (χ1v) is 12.6. The molecule has 0 aliphatic heterocycles. The summed E-state index contributed by atoms with van der Waals surface area (Å²) in [4.78, 5) is 18.3. The average Bonchev–Trinajstić information content (AvgIpc) is 3.52. The van der Waals surface area contributed by atoms with Crippen LogP contribution in [0.4, 0.5) is 0 Å². The maximum absolute atomic E-state index is 13.5. The van der Waals surface area contributed by atoms with E-state index in [0.29, 0.717) is 16.9 Å². The van der Waals surface area contributed by atoms with Gasteiger partial charge in [0.05, 0.1) is 22.3 Å². The van der Waals surface area contributed by atoms with Gasteiger partial charge in [0.1, 0.15) is 5.01 Å².